The molecule has 0 aliphatic carbocycles. The largest absolute Gasteiger partial charge is 0.504 e. The first-order valence-electron chi connectivity index (χ1n) is 5.73. The molecule has 0 spiro atoms. The Balaban J connectivity index is 2.51. The van der Waals surface area contributed by atoms with Gasteiger partial charge < -0.3 is 15.7 Å². The highest BCUT2D eigenvalue weighted by molar-refractivity contribution is 5.77. The number of hydrogen-bond acceptors (Lipinski definition) is 5. The Morgan fingerprint density at radius 2 is 2.17 bits per heavy atom. The fourth-order valence-corrected chi connectivity index (χ4v) is 1.74. The lowest BCUT2D eigenvalue weighted by atomic mass is 10.1. The molecular formula is C13H16N4O. The van der Waals surface area contributed by atoms with E-state index in [2.05, 4.69) is 9.97 Å². The van der Waals surface area contributed by atoms with E-state index in [9.17, 15) is 5.11 Å². The number of benzene rings is 1. The minimum Gasteiger partial charge on any atom is -0.504 e. The lowest BCUT2D eigenvalue weighted by Gasteiger charge is -2.19. The van der Waals surface area contributed by atoms with Crippen LogP contribution in [0.2, 0.25) is 0 Å². The molecule has 0 aliphatic heterocycles. The first kappa shape index (κ1) is 12.2. The van der Waals surface area contributed by atoms with Gasteiger partial charge in [0.15, 0.2) is 5.75 Å². The van der Waals surface area contributed by atoms with Crippen LogP contribution in [0.1, 0.15) is 6.92 Å². The summed E-state index contributed by atoms with van der Waals surface area (Å²) in [7, 11) is 1.97. The van der Waals surface area contributed by atoms with Crippen LogP contribution in [-0.4, -0.2) is 28.7 Å². The van der Waals surface area contributed by atoms with Gasteiger partial charge in [0, 0.05) is 19.2 Å². The molecule has 5 heteroatoms. The van der Waals surface area contributed by atoms with Crippen LogP contribution >= 0.6 is 0 Å². The molecule has 0 aliphatic rings. The van der Waals surface area contributed by atoms with E-state index in [-0.39, 0.29) is 5.75 Å². The Morgan fingerprint density at radius 1 is 1.39 bits per heavy atom. The van der Waals surface area contributed by atoms with Crippen LogP contribution in [-0.2, 0) is 0 Å². The van der Waals surface area contributed by atoms with Gasteiger partial charge in [0.2, 0.25) is 0 Å². The van der Waals surface area contributed by atoms with Gasteiger partial charge in [-0.05, 0) is 19.1 Å². The van der Waals surface area contributed by atoms with Crippen molar-refractivity contribution in [1.82, 2.24) is 9.97 Å². The molecule has 0 saturated heterocycles. The average Bonchev–Trinajstić information content (AvgIpc) is 2.39. The highest BCUT2D eigenvalue weighted by Gasteiger charge is 2.10. The summed E-state index contributed by atoms with van der Waals surface area (Å²) in [6, 6.07) is 5.57. The van der Waals surface area contributed by atoms with Gasteiger partial charge in [-0.15, -0.1) is 0 Å². The predicted molar refractivity (Wildman–Crippen MR) is 72.5 cm³/mol. The number of hydrogen-bond donors (Lipinski definition) is 2. The third-order valence-electron chi connectivity index (χ3n) is 2.88. The van der Waals surface area contributed by atoms with E-state index < -0.39 is 0 Å². The van der Waals surface area contributed by atoms with Crippen LogP contribution in [0.4, 0.5) is 11.4 Å². The summed E-state index contributed by atoms with van der Waals surface area (Å²) in [4.78, 5) is 9.89. The van der Waals surface area contributed by atoms with Gasteiger partial charge in [-0.25, -0.2) is 9.97 Å². The van der Waals surface area contributed by atoms with E-state index in [0.717, 1.165) is 17.8 Å². The van der Waals surface area contributed by atoms with Crippen molar-refractivity contribution in [3.8, 4) is 17.0 Å². The molecule has 0 fully saturated rings. The highest BCUT2D eigenvalue weighted by atomic mass is 16.3. The topological polar surface area (TPSA) is 75.3 Å². The Kier molecular flexibility index (Phi) is 3.32. The van der Waals surface area contributed by atoms with Gasteiger partial charge in [0.05, 0.1) is 17.6 Å². The molecule has 5 nitrogen and oxygen atoms in total. The Bertz CT molecular complexity index is 556. The maximum atomic E-state index is 9.75. The summed E-state index contributed by atoms with van der Waals surface area (Å²) in [5.74, 6) is 0.0624. The molecule has 94 valence electrons. The lowest BCUT2D eigenvalue weighted by Crippen LogP contribution is -2.17. The zero-order valence-corrected chi connectivity index (χ0v) is 10.5. The van der Waals surface area contributed by atoms with Crippen LogP contribution in [0.25, 0.3) is 11.3 Å². The van der Waals surface area contributed by atoms with Crippen LogP contribution in [0, 0.1) is 0 Å². The summed E-state index contributed by atoms with van der Waals surface area (Å²) in [6.07, 6.45) is 2.79. The summed E-state index contributed by atoms with van der Waals surface area (Å²) < 4.78 is 0. The third-order valence-corrected chi connectivity index (χ3v) is 2.88. The van der Waals surface area contributed by atoms with Crippen molar-refractivity contribution >= 4 is 11.4 Å². The van der Waals surface area contributed by atoms with Crippen molar-refractivity contribution in [2.75, 3.05) is 24.2 Å². The van der Waals surface area contributed by atoms with Crippen molar-refractivity contribution in [3.05, 3.63) is 30.7 Å². The van der Waals surface area contributed by atoms with Crippen LogP contribution < -0.4 is 10.6 Å². The molecule has 2 rings (SSSR count). The minimum atomic E-state index is 0.0624. The molecule has 2 aromatic rings. The lowest BCUT2D eigenvalue weighted by molar-refractivity contribution is 0.472. The van der Waals surface area contributed by atoms with Crippen molar-refractivity contribution in [2.24, 2.45) is 0 Å². The van der Waals surface area contributed by atoms with Gasteiger partial charge in [0.1, 0.15) is 12.0 Å². The average molecular weight is 244 g/mol. The first-order valence-corrected chi connectivity index (χ1v) is 5.73. The highest BCUT2D eigenvalue weighted by Crippen LogP contribution is 2.31. The molecule has 0 radical (unpaired) electrons. The van der Waals surface area contributed by atoms with E-state index in [1.165, 1.54) is 12.5 Å². The number of nitrogen functional groups attached to an aromatic ring is 1. The first-order chi connectivity index (χ1) is 8.63. The quantitative estimate of drug-likeness (QED) is 0.806. The summed E-state index contributed by atoms with van der Waals surface area (Å²) in [5.41, 5.74) is 8.90. The smallest absolute Gasteiger partial charge is 0.160 e. The Morgan fingerprint density at radius 3 is 2.83 bits per heavy atom. The summed E-state index contributed by atoms with van der Waals surface area (Å²) in [6.45, 7) is 2.90. The normalized spacial score (nSPS) is 10.3. The molecule has 1 aromatic heterocycles. The molecule has 0 amide bonds. The third kappa shape index (κ3) is 2.20. The van der Waals surface area contributed by atoms with Crippen LogP contribution in [0.15, 0.2) is 30.7 Å². The molecule has 0 unspecified atom stereocenters. The van der Waals surface area contributed by atoms with Gasteiger partial charge in [0.25, 0.3) is 0 Å². The number of aromatic nitrogens is 2. The fraction of sp³-hybridized carbons (Fsp3) is 0.231. The van der Waals surface area contributed by atoms with E-state index in [4.69, 9.17) is 5.73 Å². The predicted octanol–water partition coefficient (Wildman–Crippen LogP) is 1.89. The van der Waals surface area contributed by atoms with Gasteiger partial charge in [-0.1, -0.05) is 6.07 Å². The fourth-order valence-electron chi connectivity index (χ4n) is 1.74. The number of rotatable bonds is 3. The maximum Gasteiger partial charge on any atom is 0.160 e. The molecule has 1 heterocycles. The molecule has 18 heavy (non-hydrogen) atoms. The van der Waals surface area contributed by atoms with E-state index in [0.29, 0.717) is 11.4 Å². The number of nitrogens with zero attached hydrogens (tertiary/aromatic N) is 3. The van der Waals surface area contributed by atoms with Crippen molar-refractivity contribution in [1.29, 1.82) is 0 Å². The molecule has 0 atom stereocenters. The minimum absolute atomic E-state index is 0.0624. The van der Waals surface area contributed by atoms with E-state index >= 15 is 0 Å². The van der Waals surface area contributed by atoms with Gasteiger partial charge >= 0.3 is 0 Å². The van der Waals surface area contributed by atoms with Crippen molar-refractivity contribution in [3.63, 3.8) is 0 Å². The summed E-state index contributed by atoms with van der Waals surface area (Å²) >= 11 is 0. The monoisotopic (exact) mass is 244 g/mol. The maximum absolute atomic E-state index is 9.75. The second-order valence-corrected chi connectivity index (χ2v) is 4.04. The molecular weight excluding hydrogens is 228 g/mol. The second kappa shape index (κ2) is 4.91. The second-order valence-electron chi connectivity index (χ2n) is 4.04. The Hall–Kier alpha value is -2.30. The number of anilines is 2. The molecule has 0 saturated carbocycles. The molecule has 0 bridgehead atoms. The van der Waals surface area contributed by atoms with Crippen molar-refractivity contribution < 1.29 is 5.11 Å². The molecule has 1 aromatic carbocycles. The standard InChI is InChI=1S/C13H16N4O/c1-3-17(2)11-6-9(4-5-10(11)14)13-12(18)7-15-8-16-13/h4-8,18H,3,14H2,1-2H3. The zero-order valence-electron chi connectivity index (χ0n) is 10.5. The summed E-state index contributed by atoms with van der Waals surface area (Å²) in [5, 5.41) is 9.75. The zero-order chi connectivity index (χ0) is 13.1. The van der Waals surface area contributed by atoms with Crippen molar-refractivity contribution in [2.45, 2.75) is 6.92 Å². The van der Waals surface area contributed by atoms with Crippen LogP contribution in [0.5, 0.6) is 5.75 Å². The number of nitrogens with two attached hydrogens (primary N) is 1. The van der Waals surface area contributed by atoms with Gasteiger partial charge in [-0.2, -0.15) is 0 Å². The molecule has 3 N–H and O–H groups in total. The van der Waals surface area contributed by atoms with E-state index in [1.807, 2.05) is 37.1 Å². The number of aromatic hydroxyl groups is 1. The van der Waals surface area contributed by atoms with E-state index in [1.54, 1.807) is 0 Å². The SMILES string of the molecule is CCN(C)c1cc(-c2ncncc2O)ccc1N. The Labute approximate surface area is 106 Å². The van der Waals surface area contributed by atoms with Crippen LogP contribution in [0.3, 0.4) is 0 Å². The van der Waals surface area contributed by atoms with Gasteiger partial charge in [-0.3, -0.25) is 0 Å².